The van der Waals surface area contributed by atoms with E-state index in [1.165, 1.54) is 5.56 Å². The summed E-state index contributed by atoms with van der Waals surface area (Å²) in [6, 6.07) is 27.6. The van der Waals surface area contributed by atoms with Crippen LogP contribution < -0.4 is 4.90 Å². The minimum Gasteiger partial charge on any atom is -0.347 e. The third kappa shape index (κ3) is 3.65. The molecule has 0 N–H and O–H groups in total. The molecule has 1 aromatic heterocycles. The van der Waals surface area contributed by atoms with Gasteiger partial charge >= 0.3 is 0 Å². The number of carbonyl (C=O) groups is 1. The summed E-state index contributed by atoms with van der Waals surface area (Å²) < 4.78 is 2.20. The smallest absolute Gasteiger partial charge is 0.239 e. The van der Waals surface area contributed by atoms with E-state index in [1.807, 2.05) is 48.5 Å². The first kappa shape index (κ1) is 19.9. The molecule has 1 atom stereocenters. The van der Waals surface area contributed by atoms with E-state index in [0.29, 0.717) is 22.2 Å². The lowest BCUT2D eigenvalue weighted by Crippen LogP contribution is -2.26. The highest BCUT2D eigenvalue weighted by molar-refractivity contribution is 6.40. The van der Waals surface area contributed by atoms with Crippen molar-refractivity contribution in [2.75, 3.05) is 4.90 Å². The Kier molecular flexibility index (Phi) is 5.31. The number of halogens is 2. The van der Waals surface area contributed by atoms with Gasteiger partial charge in [0.1, 0.15) is 0 Å². The van der Waals surface area contributed by atoms with Crippen molar-refractivity contribution in [2.45, 2.75) is 18.9 Å². The summed E-state index contributed by atoms with van der Waals surface area (Å²) in [7, 11) is 0. The molecule has 5 rings (SSSR count). The lowest BCUT2D eigenvalue weighted by molar-refractivity contribution is -0.118. The Labute approximate surface area is 191 Å². The number of rotatable bonds is 5. The van der Waals surface area contributed by atoms with Crippen LogP contribution in [0.2, 0.25) is 10.0 Å². The predicted molar refractivity (Wildman–Crippen MR) is 126 cm³/mol. The normalized spacial score (nSPS) is 15.4. The number of benzene rings is 3. The SMILES string of the molecule is O=C1C(Cc2cccn2Cc2ccccc2)c2ccccc2N1c1c(Cl)cccc1Cl. The largest absolute Gasteiger partial charge is 0.347 e. The molecule has 0 radical (unpaired) electrons. The van der Waals surface area contributed by atoms with Crippen molar-refractivity contribution in [2.24, 2.45) is 0 Å². The van der Waals surface area contributed by atoms with Gasteiger partial charge in [0.05, 0.1) is 27.3 Å². The first-order valence-corrected chi connectivity index (χ1v) is 10.9. The van der Waals surface area contributed by atoms with Gasteiger partial charge < -0.3 is 4.57 Å². The van der Waals surface area contributed by atoms with E-state index in [4.69, 9.17) is 23.2 Å². The van der Waals surface area contributed by atoms with Crippen LogP contribution in [0.1, 0.15) is 22.7 Å². The van der Waals surface area contributed by atoms with E-state index in [-0.39, 0.29) is 11.8 Å². The van der Waals surface area contributed by atoms with Crippen LogP contribution in [0.15, 0.2) is 91.1 Å². The first-order valence-electron chi connectivity index (χ1n) is 10.2. The molecule has 1 amide bonds. The van der Waals surface area contributed by atoms with Crippen LogP contribution in [0.25, 0.3) is 0 Å². The average Bonchev–Trinajstić information content (AvgIpc) is 3.32. The van der Waals surface area contributed by atoms with Gasteiger partial charge in [-0.2, -0.15) is 0 Å². The van der Waals surface area contributed by atoms with Crippen LogP contribution in [-0.4, -0.2) is 10.5 Å². The lowest BCUT2D eigenvalue weighted by Gasteiger charge is -2.21. The minimum absolute atomic E-state index is 0.0105. The Bertz CT molecular complexity index is 1230. The summed E-state index contributed by atoms with van der Waals surface area (Å²) in [6.45, 7) is 0.770. The van der Waals surface area contributed by atoms with Crippen LogP contribution in [-0.2, 0) is 17.8 Å². The first-order chi connectivity index (χ1) is 15.1. The average molecular weight is 447 g/mol. The molecule has 31 heavy (non-hydrogen) atoms. The topological polar surface area (TPSA) is 25.2 Å². The molecule has 3 nitrogen and oxygen atoms in total. The van der Waals surface area contributed by atoms with Gasteiger partial charge in [-0.15, -0.1) is 0 Å². The Balaban J connectivity index is 1.51. The Hall–Kier alpha value is -3.01. The third-order valence-corrected chi connectivity index (χ3v) is 6.38. The number of fused-ring (bicyclic) bond motifs is 1. The van der Waals surface area contributed by atoms with Gasteiger partial charge in [-0.05, 0) is 41.5 Å². The van der Waals surface area contributed by atoms with Gasteiger partial charge in [0.25, 0.3) is 0 Å². The molecule has 0 saturated heterocycles. The summed E-state index contributed by atoms with van der Waals surface area (Å²) in [4.78, 5) is 15.3. The summed E-state index contributed by atoms with van der Waals surface area (Å²) in [5.74, 6) is -0.309. The van der Waals surface area contributed by atoms with Gasteiger partial charge in [-0.25, -0.2) is 0 Å². The second-order valence-corrected chi connectivity index (χ2v) is 8.49. The van der Waals surface area contributed by atoms with Gasteiger partial charge in [0.15, 0.2) is 0 Å². The number of hydrogen-bond acceptors (Lipinski definition) is 1. The molecule has 0 bridgehead atoms. The Morgan fingerprint density at radius 2 is 1.48 bits per heavy atom. The Morgan fingerprint density at radius 1 is 0.774 bits per heavy atom. The van der Waals surface area contributed by atoms with E-state index >= 15 is 0 Å². The van der Waals surface area contributed by atoms with Crippen molar-refractivity contribution in [3.63, 3.8) is 0 Å². The third-order valence-electron chi connectivity index (χ3n) is 5.77. The van der Waals surface area contributed by atoms with Crippen LogP contribution in [0.3, 0.4) is 0 Å². The summed E-state index contributed by atoms with van der Waals surface area (Å²) >= 11 is 12.9. The Morgan fingerprint density at radius 3 is 2.26 bits per heavy atom. The summed E-state index contributed by atoms with van der Waals surface area (Å²) in [5, 5.41) is 0.924. The molecular formula is C26H20Cl2N2O. The molecule has 1 aliphatic rings. The molecule has 4 aromatic rings. The second-order valence-electron chi connectivity index (χ2n) is 7.67. The highest BCUT2D eigenvalue weighted by Gasteiger charge is 2.39. The number of anilines is 2. The maximum absolute atomic E-state index is 13.7. The standard InChI is InChI=1S/C26H20Cl2N2O/c27-22-12-6-13-23(28)25(22)30-24-14-5-4-11-20(24)21(26(30)31)16-19-10-7-15-29(19)17-18-8-2-1-3-9-18/h1-15,21H,16-17H2. The zero-order chi connectivity index (χ0) is 21.4. The molecule has 154 valence electrons. The van der Waals surface area contributed by atoms with Crippen molar-refractivity contribution in [1.29, 1.82) is 0 Å². The lowest BCUT2D eigenvalue weighted by atomic mass is 9.95. The molecule has 3 aromatic carbocycles. The number of para-hydroxylation sites is 2. The maximum Gasteiger partial charge on any atom is 0.239 e. The number of nitrogens with zero attached hydrogens (tertiary/aromatic N) is 2. The number of carbonyl (C=O) groups excluding carboxylic acids is 1. The van der Waals surface area contributed by atoms with E-state index in [9.17, 15) is 4.79 Å². The van der Waals surface area contributed by atoms with Crippen LogP contribution in [0.4, 0.5) is 11.4 Å². The van der Waals surface area contributed by atoms with Gasteiger partial charge in [-0.3, -0.25) is 9.69 Å². The molecule has 5 heteroatoms. The maximum atomic E-state index is 13.7. The fourth-order valence-electron chi connectivity index (χ4n) is 4.30. The van der Waals surface area contributed by atoms with Gasteiger partial charge in [0.2, 0.25) is 5.91 Å². The molecular weight excluding hydrogens is 427 g/mol. The van der Waals surface area contributed by atoms with Crippen LogP contribution in [0.5, 0.6) is 0 Å². The molecule has 1 aliphatic heterocycles. The van der Waals surface area contributed by atoms with E-state index in [1.54, 1.807) is 23.1 Å². The van der Waals surface area contributed by atoms with E-state index in [0.717, 1.165) is 23.5 Å². The quantitative estimate of drug-likeness (QED) is 0.329. The molecule has 2 heterocycles. The second kappa shape index (κ2) is 8.26. The molecule has 0 saturated carbocycles. The van der Waals surface area contributed by atoms with Gasteiger partial charge in [0, 0.05) is 24.9 Å². The highest BCUT2D eigenvalue weighted by atomic mass is 35.5. The molecule has 1 unspecified atom stereocenters. The van der Waals surface area contributed by atoms with Crippen molar-refractivity contribution in [3.8, 4) is 0 Å². The van der Waals surface area contributed by atoms with Crippen molar-refractivity contribution < 1.29 is 4.79 Å². The fraction of sp³-hybridized carbons (Fsp3) is 0.115. The van der Waals surface area contributed by atoms with Gasteiger partial charge in [-0.1, -0.05) is 77.8 Å². The summed E-state index contributed by atoms with van der Waals surface area (Å²) in [5.41, 5.74) is 4.72. The molecule has 0 spiro atoms. The molecule has 0 fully saturated rings. The van der Waals surface area contributed by atoms with Crippen molar-refractivity contribution in [1.82, 2.24) is 4.57 Å². The fourth-order valence-corrected chi connectivity index (χ4v) is 4.87. The summed E-state index contributed by atoms with van der Waals surface area (Å²) in [6.07, 6.45) is 2.67. The molecule has 0 aliphatic carbocycles. The van der Waals surface area contributed by atoms with E-state index in [2.05, 4.69) is 29.0 Å². The number of aromatic nitrogens is 1. The van der Waals surface area contributed by atoms with Crippen LogP contribution in [0, 0.1) is 0 Å². The number of amides is 1. The van der Waals surface area contributed by atoms with Crippen molar-refractivity contribution in [3.05, 3.63) is 118 Å². The highest BCUT2D eigenvalue weighted by Crippen LogP contribution is 2.47. The zero-order valence-electron chi connectivity index (χ0n) is 16.7. The minimum atomic E-state index is -0.298. The predicted octanol–water partition coefficient (Wildman–Crippen LogP) is 6.85. The van der Waals surface area contributed by atoms with E-state index < -0.39 is 0 Å². The zero-order valence-corrected chi connectivity index (χ0v) is 18.2. The van der Waals surface area contributed by atoms with Crippen molar-refractivity contribution >= 4 is 40.5 Å². The van der Waals surface area contributed by atoms with Crippen LogP contribution >= 0.6 is 23.2 Å². The monoisotopic (exact) mass is 446 g/mol. The number of hydrogen-bond donors (Lipinski definition) is 0.